The van der Waals surface area contributed by atoms with Gasteiger partial charge in [0, 0.05) is 36.5 Å². The number of aryl methyl sites for hydroxylation is 2. The van der Waals surface area contributed by atoms with Crippen molar-refractivity contribution < 1.29 is 0 Å². The van der Waals surface area contributed by atoms with Crippen molar-refractivity contribution in [2.24, 2.45) is 5.73 Å². The van der Waals surface area contributed by atoms with E-state index in [1.165, 1.54) is 10.9 Å². The Labute approximate surface area is 179 Å². The van der Waals surface area contributed by atoms with E-state index in [0.29, 0.717) is 23.0 Å². The van der Waals surface area contributed by atoms with Crippen LogP contribution in [0.2, 0.25) is 10.0 Å². The number of halogens is 2. The summed E-state index contributed by atoms with van der Waals surface area (Å²) in [5.41, 5.74) is 9.27. The number of aromatic nitrogens is 4. The van der Waals surface area contributed by atoms with Gasteiger partial charge in [-0.15, -0.1) is 10.2 Å². The maximum Gasteiger partial charge on any atom is 0.137 e. The van der Waals surface area contributed by atoms with Crippen LogP contribution < -0.4 is 5.73 Å². The molecule has 0 aliphatic rings. The Hall–Kier alpha value is -2.34. The van der Waals surface area contributed by atoms with Crippen LogP contribution in [0, 0.1) is 0 Å². The zero-order chi connectivity index (χ0) is 20.2. The first kappa shape index (κ1) is 20.0. The summed E-state index contributed by atoms with van der Waals surface area (Å²) in [6.07, 6.45) is 5.34. The molecule has 2 heterocycles. The van der Waals surface area contributed by atoms with Crippen molar-refractivity contribution in [2.45, 2.75) is 32.2 Å². The number of hydrogen-bond donors (Lipinski definition) is 2. The smallest absolute Gasteiger partial charge is 0.137 e. The van der Waals surface area contributed by atoms with Gasteiger partial charge in [0.15, 0.2) is 0 Å². The maximum absolute atomic E-state index is 6.17. The molecule has 4 aromatic rings. The lowest BCUT2D eigenvalue weighted by Crippen LogP contribution is -2.12. The fourth-order valence-corrected chi connectivity index (χ4v) is 3.93. The van der Waals surface area contributed by atoms with Crippen molar-refractivity contribution in [1.29, 1.82) is 0 Å². The van der Waals surface area contributed by atoms with Crippen LogP contribution >= 0.6 is 23.2 Å². The average molecular weight is 428 g/mol. The number of fused-ring (bicyclic) bond motifs is 1. The average Bonchev–Trinajstić information content (AvgIpc) is 3.31. The topological polar surface area (TPSA) is 72.5 Å². The highest BCUT2D eigenvalue weighted by Crippen LogP contribution is 2.24. The zero-order valence-corrected chi connectivity index (χ0v) is 17.5. The standard InChI is InChI=1S/C22H23Cl2N5/c23-18-8-6-15(12-19(18)24)13-22-28-27-21(29(22)11-3-10-25)9-7-16-14-26-20-5-2-1-4-17(16)20/h1-2,4-6,8,12,14,26H,3,7,9-11,13,25H2. The predicted molar refractivity (Wildman–Crippen MR) is 119 cm³/mol. The molecule has 0 spiro atoms. The second-order valence-corrected chi connectivity index (χ2v) is 7.93. The third-order valence-corrected chi connectivity index (χ3v) is 5.87. The molecule has 0 aliphatic carbocycles. The summed E-state index contributed by atoms with van der Waals surface area (Å²) in [7, 11) is 0. The van der Waals surface area contributed by atoms with Crippen LogP contribution in [0.3, 0.4) is 0 Å². The molecule has 0 aliphatic heterocycles. The number of H-pyrrole nitrogens is 1. The molecule has 0 radical (unpaired) electrons. The largest absolute Gasteiger partial charge is 0.361 e. The molecule has 0 saturated carbocycles. The van der Waals surface area contributed by atoms with Crippen LogP contribution in [0.4, 0.5) is 0 Å². The Morgan fingerprint density at radius 1 is 0.966 bits per heavy atom. The molecule has 0 unspecified atom stereocenters. The molecule has 3 N–H and O–H groups in total. The van der Waals surface area contributed by atoms with E-state index in [9.17, 15) is 0 Å². The van der Waals surface area contributed by atoms with Gasteiger partial charge < -0.3 is 15.3 Å². The molecular formula is C22H23Cl2N5. The van der Waals surface area contributed by atoms with Gasteiger partial charge in [0.05, 0.1) is 10.0 Å². The normalized spacial score (nSPS) is 11.4. The molecule has 4 rings (SSSR count). The van der Waals surface area contributed by atoms with Crippen molar-refractivity contribution in [3.05, 3.63) is 81.5 Å². The molecule has 29 heavy (non-hydrogen) atoms. The Bertz CT molecular complexity index is 1120. The molecule has 5 nitrogen and oxygen atoms in total. The number of nitrogens with two attached hydrogens (primary N) is 1. The third-order valence-electron chi connectivity index (χ3n) is 5.13. The molecule has 7 heteroatoms. The summed E-state index contributed by atoms with van der Waals surface area (Å²) < 4.78 is 2.20. The second-order valence-electron chi connectivity index (χ2n) is 7.11. The van der Waals surface area contributed by atoms with Gasteiger partial charge in [0.1, 0.15) is 11.6 Å². The number of aromatic amines is 1. The number of benzene rings is 2. The summed E-state index contributed by atoms with van der Waals surface area (Å²) in [6, 6.07) is 14.0. The van der Waals surface area contributed by atoms with E-state index in [1.807, 2.05) is 24.3 Å². The van der Waals surface area contributed by atoms with Gasteiger partial charge in [0.25, 0.3) is 0 Å². The summed E-state index contributed by atoms with van der Waals surface area (Å²) in [4.78, 5) is 3.34. The number of nitrogens with zero attached hydrogens (tertiary/aromatic N) is 3. The molecule has 150 valence electrons. The van der Waals surface area contributed by atoms with E-state index in [1.54, 1.807) is 0 Å². The SMILES string of the molecule is NCCCn1c(CCc2c[nH]c3ccccc23)nnc1Cc1ccc(Cl)c(Cl)c1. The van der Waals surface area contributed by atoms with E-state index in [2.05, 4.69) is 44.1 Å². The van der Waals surface area contributed by atoms with Gasteiger partial charge in [-0.05, 0) is 48.7 Å². The summed E-state index contributed by atoms with van der Waals surface area (Å²) in [6.45, 7) is 1.44. The fourth-order valence-electron chi connectivity index (χ4n) is 3.61. The Morgan fingerprint density at radius 3 is 2.62 bits per heavy atom. The monoisotopic (exact) mass is 427 g/mol. The number of rotatable bonds is 8. The molecule has 2 aromatic heterocycles. The van der Waals surface area contributed by atoms with Crippen LogP contribution in [-0.2, 0) is 25.8 Å². The van der Waals surface area contributed by atoms with Crippen molar-refractivity contribution in [3.63, 3.8) is 0 Å². The highest BCUT2D eigenvalue weighted by atomic mass is 35.5. The molecule has 0 bridgehead atoms. The molecular weight excluding hydrogens is 405 g/mol. The predicted octanol–water partition coefficient (Wildman–Crippen LogP) is 4.79. The van der Waals surface area contributed by atoms with Crippen molar-refractivity contribution in [2.75, 3.05) is 6.54 Å². The molecule has 0 fully saturated rings. The quantitative estimate of drug-likeness (QED) is 0.424. The lowest BCUT2D eigenvalue weighted by Gasteiger charge is -2.10. The van der Waals surface area contributed by atoms with Gasteiger partial charge in [-0.3, -0.25) is 0 Å². The van der Waals surface area contributed by atoms with Gasteiger partial charge in [-0.2, -0.15) is 0 Å². The Morgan fingerprint density at radius 2 is 1.79 bits per heavy atom. The summed E-state index contributed by atoms with van der Waals surface area (Å²) in [5, 5.41) is 11.3. The van der Waals surface area contributed by atoms with E-state index < -0.39 is 0 Å². The van der Waals surface area contributed by atoms with E-state index in [-0.39, 0.29) is 0 Å². The van der Waals surface area contributed by atoms with Gasteiger partial charge >= 0.3 is 0 Å². The lowest BCUT2D eigenvalue weighted by atomic mass is 10.1. The number of para-hydroxylation sites is 1. The van der Waals surface area contributed by atoms with Crippen LogP contribution in [0.15, 0.2) is 48.7 Å². The van der Waals surface area contributed by atoms with E-state index in [4.69, 9.17) is 28.9 Å². The number of nitrogens with one attached hydrogen (secondary N) is 1. The number of hydrogen-bond acceptors (Lipinski definition) is 3. The molecule has 0 saturated heterocycles. The minimum atomic E-state index is 0.553. The van der Waals surface area contributed by atoms with Crippen LogP contribution in [0.25, 0.3) is 10.9 Å². The van der Waals surface area contributed by atoms with Crippen LogP contribution in [0.1, 0.15) is 29.2 Å². The first-order chi connectivity index (χ1) is 14.2. The Kier molecular flexibility index (Phi) is 6.19. The summed E-state index contributed by atoms with van der Waals surface area (Å²) >= 11 is 12.2. The van der Waals surface area contributed by atoms with Crippen LogP contribution in [-0.4, -0.2) is 26.3 Å². The van der Waals surface area contributed by atoms with E-state index >= 15 is 0 Å². The third kappa shape index (κ3) is 4.47. The molecule has 0 atom stereocenters. The summed E-state index contributed by atoms with van der Waals surface area (Å²) in [5.74, 6) is 1.91. The first-order valence-electron chi connectivity index (χ1n) is 9.75. The van der Waals surface area contributed by atoms with Crippen molar-refractivity contribution in [1.82, 2.24) is 19.7 Å². The van der Waals surface area contributed by atoms with Gasteiger partial charge in [-0.25, -0.2) is 0 Å². The second kappa shape index (κ2) is 8.99. The maximum atomic E-state index is 6.17. The lowest BCUT2D eigenvalue weighted by molar-refractivity contribution is 0.594. The van der Waals surface area contributed by atoms with Crippen LogP contribution in [0.5, 0.6) is 0 Å². The van der Waals surface area contributed by atoms with Gasteiger partial charge in [-0.1, -0.05) is 47.5 Å². The molecule has 2 aromatic carbocycles. The minimum absolute atomic E-state index is 0.553. The van der Waals surface area contributed by atoms with Gasteiger partial charge in [0.2, 0.25) is 0 Å². The zero-order valence-electron chi connectivity index (χ0n) is 16.0. The van der Waals surface area contributed by atoms with E-state index in [0.717, 1.165) is 48.5 Å². The first-order valence-corrected chi connectivity index (χ1v) is 10.5. The highest BCUT2D eigenvalue weighted by Gasteiger charge is 2.14. The minimum Gasteiger partial charge on any atom is -0.361 e. The van der Waals surface area contributed by atoms with Crippen molar-refractivity contribution in [3.8, 4) is 0 Å². The van der Waals surface area contributed by atoms with Crippen molar-refractivity contribution >= 4 is 34.1 Å². The Balaban J connectivity index is 1.55. The fraction of sp³-hybridized carbons (Fsp3) is 0.273. The highest BCUT2D eigenvalue weighted by molar-refractivity contribution is 6.42. The molecule has 0 amide bonds.